The van der Waals surface area contributed by atoms with Gasteiger partial charge in [0, 0.05) is 23.5 Å². The van der Waals surface area contributed by atoms with E-state index in [9.17, 15) is 0 Å². The van der Waals surface area contributed by atoms with Crippen LogP contribution < -0.4 is 10.6 Å². The molecular weight excluding hydrogens is 284 g/mol. The second kappa shape index (κ2) is 7.84. The van der Waals surface area contributed by atoms with Gasteiger partial charge in [0.2, 0.25) is 5.95 Å². The number of aryl methyl sites for hydroxylation is 1. The molecule has 2 aromatic rings. The largest absolute Gasteiger partial charge is 0.354 e. The van der Waals surface area contributed by atoms with E-state index in [-0.39, 0.29) is 0 Å². The van der Waals surface area contributed by atoms with Crippen LogP contribution in [-0.2, 0) is 0 Å². The molecule has 2 rings (SSSR count). The number of rotatable bonds is 7. The van der Waals surface area contributed by atoms with E-state index in [0.29, 0.717) is 5.95 Å². The fourth-order valence-electron chi connectivity index (χ4n) is 1.99. The minimum Gasteiger partial charge on any atom is -0.354 e. The lowest BCUT2D eigenvalue weighted by Gasteiger charge is -2.10. The Labute approximate surface area is 131 Å². The molecule has 0 aliphatic rings. The van der Waals surface area contributed by atoms with E-state index in [0.717, 1.165) is 35.1 Å². The lowest BCUT2D eigenvalue weighted by atomic mass is 10.2. The predicted octanol–water partition coefficient (Wildman–Crippen LogP) is 4.78. The number of halogens is 1. The molecule has 0 radical (unpaired) electrons. The first-order chi connectivity index (χ1) is 10.2. The van der Waals surface area contributed by atoms with Crippen molar-refractivity contribution in [2.75, 3.05) is 17.2 Å². The molecule has 5 heteroatoms. The van der Waals surface area contributed by atoms with Gasteiger partial charge in [-0.05, 0) is 43.2 Å². The molecule has 1 heterocycles. The van der Waals surface area contributed by atoms with Gasteiger partial charge in [-0.3, -0.25) is 0 Å². The van der Waals surface area contributed by atoms with Gasteiger partial charge < -0.3 is 10.6 Å². The first-order valence-corrected chi connectivity index (χ1v) is 7.67. The van der Waals surface area contributed by atoms with E-state index in [4.69, 9.17) is 11.6 Å². The summed E-state index contributed by atoms with van der Waals surface area (Å²) in [6.45, 7) is 5.10. The van der Waals surface area contributed by atoms with Gasteiger partial charge in [0.05, 0.1) is 0 Å². The first-order valence-electron chi connectivity index (χ1n) is 7.29. The maximum atomic E-state index is 5.96. The van der Waals surface area contributed by atoms with E-state index in [1.165, 1.54) is 12.8 Å². The Hall–Kier alpha value is -1.81. The van der Waals surface area contributed by atoms with Gasteiger partial charge in [-0.15, -0.1) is 0 Å². The lowest BCUT2D eigenvalue weighted by Crippen LogP contribution is -2.06. The number of hydrogen-bond acceptors (Lipinski definition) is 4. The molecule has 0 unspecified atom stereocenters. The van der Waals surface area contributed by atoms with Crippen LogP contribution in [0.2, 0.25) is 5.02 Å². The maximum Gasteiger partial charge on any atom is 0.224 e. The summed E-state index contributed by atoms with van der Waals surface area (Å²) in [5, 5.41) is 7.27. The average molecular weight is 305 g/mol. The van der Waals surface area contributed by atoms with Crippen LogP contribution in [0.15, 0.2) is 30.5 Å². The third-order valence-electron chi connectivity index (χ3n) is 3.17. The molecule has 4 nitrogen and oxygen atoms in total. The van der Waals surface area contributed by atoms with Gasteiger partial charge in [-0.1, -0.05) is 31.4 Å². The van der Waals surface area contributed by atoms with Crippen molar-refractivity contribution in [2.45, 2.75) is 33.1 Å². The van der Waals surface area contributed by atoms with Crippen molar-refractivity contribution in [3.8, 4) is 0 Å². The third-order valence-corrected chi connectivity index (χ3v) is 3.41. The summed E-state index contributed by atoms with van der Waals surface area (Å²) in [7, 11) is 0. The smallest absolute Gasteiger partial charge is 0.224 e. The maximum absolute atomic E-state index is 5.96. The quantitative estimate of drug-likeness (QED) is 0.722. The predicted molar refractivity (Wildman–Crippen MR) is 89.5 cm³/mol. The van der Waals surface area contributed by atoms with Crippen molar-refractivity contribution in [3.63, 3.8) is 0 Å². The van der Waals surface area contributed by atoms with Crippen LogP contribution in [0.3, 0.4) is 0 Å². The summed E-state index contributed by atoms with van der Waals surface area (Å²) in [4.78, 5) is 8.69. The van der Waals surface area contributed by atoms with Gasteiger partial charge in [-0.2, -0.15) is 4.98 Å². The van der Waals surface area contributed by atoms with Crippen LogP contribution in [0.4, 0.5) is 17.5 Å². The zero-order valence-electron chi connectivity index (χ0n) is 12.5. The Balaban J connectivity index is 2.00. The zero-order valence-corrected chi connectivity index (χ0v) is 13.2. The van der Waals surface area contributed by atoms with Crippen LogP contribution in [0.25, 0.3) is 0 Å². The second-order valence-electron chi connectivity index (χ2n) is 4.98. The molecule has 112 valence electrons. The SMILES string of the molecule is CCCCCNc1nccc(Nc2ccc(Cl)cc2C)n1. The minimum atomic E-state index is 0.655. The third kappa shape index (κ3) is 4.90. The standard InChI is InChI=1S/C16H21ClN4/c1-3-4-5-9-18-16-19-10-8-15(21-16)20-14-7-6-13(17)11-12(14)2/h6-8,10-11H,3-5,9H2,1-2H3,(H2,18,19,20,21). The molecule has 0 spiro atoms. The number of nitrogens with one attached hydrogen (secondary N) is 2. The number of anilines is 3. The summed E-state index contributed by atoms with van der Waals surface area (Å²) in [5.74, 6) is 1.43. The molecular formula is C16H21ClN4. The summed E-state index contributed by atoms with van der Waals surface area (Å²) in [5.41, 5.74) is 2.08. The number of nitrogens with zero attached hydrogens (tertiary/aromatic N) is 2. The summed E-state index contributed by atoms with van der Waals surface area (Å²) < 4.78 is 0. The van der Waals surface area contributed by atoms with Crippen LogP contribution in [0.5, 0.6) is 0 Å². The number of hydrogen-bond donors (Lipinski definition) is 2. The fourth-order valence-corrected chi connectivity index (χ4v) is 2.22. The van der Waals surface area contributed by atoms with E-state index in [1.54, 1.807) is 6.20 Å². The van der Waals surface area contributed by atoms with Crippen LogP contribution in [0, 0.1) is 6.92 Å². The highest BCUT2D eigenvalue weighted by Crippen LogP contribution is 2.22. The Morgan fingerprint density at radius 3 is 2.81 bits per heavy atom. The van der Waals surface area contributed by atoms with Crippen molar-refractivity contribution in [1.82, 2.24) is 9.97 Å². The van der Waals surface area contributed by atoms with E-state index in [2.05, 4.69) is 27.5 Å². The van der Waals surface area contributed by atoms with Gasteiger partial charge in [0.15, 0.2) is 0 Å². The van der Waals surface area contributed by atoms with Crippen LogP contribution in [-0.4, -0.2) is 16.5 Å². The molecule has 21 heavy (non-hydrogen) atoms. The van der Waals surface area contributed by atoms with Gasteiger partial charge >= 0.3 is 0 Å². The molecule has 0 aliphatic heterocycles. The Bertz CT molecular complexity index is 586. The Morgan fingerprint density at radius 1 is 1.19 bits per heavy atom. The zero-order chi connectivity index (χ0) is 15.1. The number of unbranched alkanes of at least 4 members (excludes halogenated alkanes) is 2. The van der Waals surface area contributed by atoms with Gasteiger partial charge in [0.25, 0.3) is 0 Å². The van der Waals surface area contributed by atoms with Crippen LogP contribution in [0.1, 0.15) is 31.7 Å². The molecule has 2 N–H and O–H groups in total. The first kappa shape index (κ1) is 15.6. The van der Waals surface area contributed by atoms with Gasteiger partial charge in [0.1, 0.15) is 5.82 Å². The number of aromatic nitrogens is 2. The molecule has 0 saturated carbocycles. The highest BCUT2D eigenvalue weighted by molar-refractivity contribution is 6.30. The summed E-state index contributed by atoms with van der Waals surface area (Å²) >= 11 is 5.96. The topological polar surface area (TPSA) is 49.8 Å². The molecule has 0 amide bonds. The molecule has 1 aromatic carbocycles. The van der Waals surface area contributed by atoms with Crippen molar-refractivity contribution in [1.29, 1.82) is 0 Å². The highest BCUT2D eigenvalue weighted by Gasteiger charge is 2.02. The Kier molecular flexibility index (Phi) is 5.81. The monoisotopic (exact) mass is 304 g/mol. The average Bonchev–Trinajstić information content (AvgIpc) is 2.47. The van der Waals surface area contributed by atoms with Crippen LogP contribution >= 0.6 is 11.6 Å². The summed E-state index contributed by atoms with van der Waals surface area (Å²) in [6, 6.07) is 7.59. The van der Waals surface area contributed by atoms with Crippen molar-refractivity contribution in [3.05, 3.63) is 41.0 Å². The van der Waals surface area contributed by atoms with Crippen molar-refractivity contribution >= 4 is 29.1 Å². The normalized spacial score (nSPS) is 10.4. The van der Waals surface area contributed by atoms with E-state index >= 15 is 0 Å². The highest BCUT2D eigenvalue weighted by atomic mass is 35.5. The number of benzene rings is 1. The van der Waals surface area contributed by atoms with E-state index < -0.39 is 0 Å². The molecule has 0 aliphatic carbocycles. The van der Waals surface area contributed by atoms with Gasteiger partial charge in [-0.25, -0.2) is 4.98 Å². The molecule has 0 saturated heterocycles. The summed E-state index contributed by atoms with van der Waals surface area (Å²) in [6.07, 6.45) is 5.31. The molecule has 0 bridgehead atoms. The molecule has 0 fully saturated rings. The molecule has 1 aromatic heterocycles. The van der Waals surface area contributed by atoms with Crippen molar-refractivity contribution in [2.24, 2.45) is 0 Å². The minimum absolute atomic E-state index is 0.655. The lowest BCUT2D eigenvalue weighted by molar-refractivity contribution is 0.740. The van der Waals surface area contributed by atoms with E-state index in [1.807, 2.05) is 31.2 Å². The fraction of sp³-hybridized carbons (Fsp3) is 0.375. The molecule has 0 atom stereocenters. The van der Waals surface area contributed by atoms with Crippen molar-refractivity contribution < 1.29 is 0 Å². The second-order valence-corrected chi connectivity index (χ2v) is 5.42. The Morgan fingerprint density at radius 2 is 2.05 bits per heavy atom.